The average molecular weight is 283 g/mol. The Labute approximate surface area is 125 Å². The van der Waals surface area contributed by atoms with Gasteiger partial charge in [-0.25, -0.2) is 0 Å². The fourth-order valence-corrected chi connectivity index (χ4v) is 2.31. The van der Waals surface area contributed by atoms with E-state index in [9.17, 15) is 4.79 Å². The minimum atomic E-state index is -0.929. The van der Waals surface area contributed by atoms with Gasteiger partial charge in [-0.15, -0.1) is 0 Å². The molecule has 21 heavy (non-hydrogen) atoms. The third-order valence-electron chi connectivity index (χ3n) is 3.85. The van der Waals surface area contributed by atoms with Gasteiger partial charge in [-0.2, -0.15) is 0 Å². The van der Waals surface area contributed by atoms with Crippen LogP contribution in [0.5, 0.6) is 0 Å². The number of aryl methyl sites for hydroxylation is 1. The smallest absolute Gasteiger partial charge is 0.320 e. The molecule has 2 rings (SSSR count). The van der Waals surface area contributed by atoms with E-state index in [0.717, 1.165) is 12.8 Å². The molecular weight excluding hydrogens is 262 g/mol. The maximum Gasteiger partial charge on any atom is 0.320 e. The molecule has 0 heterocycles. The Morgan fingerprint density at radius 1 is 1.05 bits per heavy atom. The molecule has 0 aliphatic rings. The summed E-state index contributed by atoms with van der Waals surface area (Å²) in [7, 11) is 0. The third kappa shape index (κ3) is 4.17. The molecule has 0 saturated heterocycles. The topological polar surface area (TPSA) is 63.3 Å². The Morgan fingerprint density at radius 3 is 2.19 bits per heavy atom. The fourth-order valence-electron chi connectivity index (χ4n) is 2.31. The lowest BCUT2D eigenvalue weighted by atomic mass is 9.94. The summed E-state index contributed by atoms with van der Waals surface area (Å²) in [6, 6.07) is 17.9. The van der Waals surface area contributed by atoms with E-state index in [1.165, 1.54) is 16.7 Å². The van der Waals surface area contributed by atoms with Crippen LogP contribution < -0.4 is 5.73 Å². The molecule has 0 saturated carbocycles. The van der Waals surface area contributed by atoms with Crippen LogP contribution in [0.2, 0.25) is 0 Å². The number of carboxylic acid groups (broad SMARTS) is 1. The van der Waals surface area contributed by atoms with Gasteiger partial charge in [0.2, 0.25) is 0 Å². The molecule has 2 aromatic rings. The van der Waals surface area contributed by atoms with Crippen molar-refractivity contribution in [1.82, 2.24) is 0 Å². The second-order valence-electron chi connectivity index (χ2n) is 5.44. The molecule has 0 amide bonds. The molecule has 1 unspecified atom stereocenters. The van der Waals surface area contributed by atoms with Crippen LogP contribution in [0.3, 0.4) is 0 Å². The summed E-state index contributed by atoms with van der Waals surface area (Å²) in [5.41, 5.74) is 9.22. The average Bonchev–Trinajstić information content (AvgIpc) is 2.53. The number of nitrogens with two attached hydrogens (primary N) is 1. The SMILES string of the molecule is CC(CCc1ccc(-c2ccccc2)cc1)[C@H](N)C(=O)O. The van der Waals surface area contributed by atoms with Crippen LogP contribution in [0.25, 0.3) is 11.1 Å². The summed E-state index contributed by atoms with van der Waals surface area (Å²) in [6.07, 6.45) is 1.62. The normalized spacial score (nSPS) is 13.6. The van der Waals surface area contributed by atoms with Crippen molar-refractivity contribution >= 4 is 5.97 Å². The summed E-state index contributed by atoms with van der Waals surface area (Å²) in [6.45, 7) is 1.89. The van der Waals surface area contributed by atoms with E-state index in [1.807, 2.05) is 25.1 Å². The zero-order valence-electron chi connectivity index (χ0n) is 12.2. The molecule has 0 aliphatic heterocycles. The van der Waals surface area contributed by atoms with Crippen molar-refractivity contribution < 1.29 is 9.90 Å². The summed E-state index contributed by atoms with van der Waals surface area (Å²) in [5.74, 6) is -0.960. The number of aliphatic carboxylic acids is 1. The number of carbonyl (C=O) groups is 1. The molecule has 0 aromatic heterocycles. The van der Waals surface area contributed by atoms with Crippen molar-refractivity contribution in [2.75, 3.05) is 0 Å². The van der Waals surface area contributed by atoms with Gasteiger partial charge >= 0.3 is 5.97 Å². The molecular formula is C18H21NO2. The minimum absolute atomic E-state index is 0.0312. The summed E-state index contributed by atoms with van der Waals surface area (Å²) < 4.78 is 0. The molecule has 0 fully saturated rings. The van der Waals surface area contributed by atoms with E-state index < -0.39 is 12.0 Å². The Kier molecular flexibility index (Phi) is 5.12. The first-order valence-corrected chi connectivity index (χ1v) is 7.20. The van der Waals surface area contributed by atoms with Gasteiger partial charge in [-0.1, -0.05) is 61.5 Å². The van der Waals surface area contributed by atoms with Crippen molar-refractivity contribution in [3.05, 3.63) is 60.2 Å². The molecule has 0 radical (unpaired) electrons. The van der Waals surface area contributed by atoms with E-state index in [4.69, 9.17) is 10.8 Å². The van der Waals surface area contributed by atoms with E-state index >= 15 is 0 Å². The van der Waals surface area contributed by atoms with Gasteiger partial charge in [0.05, 0.1) is 0 Å². The highest BCUT2D eigenvalue weighted by molar-refractivity contribution is 5.73. The van der Waals surface area contributed by atoms with Gasteiger partial charge in [-0.05, 0) is 35.4 Å². The second kappa shape index (κ2) is 7.04. The predicted octanol–water partition coefficient (Wildman–Crippen LogP) is 3.33. The highest BCUT2D eigenvalue weighted by atomic mass is 16.4. The van der Waals surface area contributed by atoms with Crippen molar-refractivity contribution in [2.45, 2.75) is 25.8 Å². The third-order valence-corrected chi connectivity index (χ3v) is 3.85. The lowest BCUT2D eigenvalue weighted by Gasteiger charge is -2.15. The van der Waals surface area contributed by atoms with Crippen molar-refractivity contribution in [1.29, 1.82) is 0 Å². The number of rotatable bonds is 6. The fraction of sp³-hybridized carbons (Fsp3) is 0.278. The van der Waals surface area contributed by atoms with Crippen LogP contribution >= 0.6 is 0 Å². The van der Waals surface area contributed by atoms with Crippen molar-refractivity contribution in [3.8, 4) is 11.1 Å². The first-order valence-electron chi connectivity index (χ1n) is 7.20. The molecule has 2 aromatic carbocycles. The lowest BCUT2D eigenvalue weighted by Crippen LogP contribution is -2.36. The summed E-state index contributed by atoms with van der Waals surface area (Å²) in [4.78, 5) is 10.8. The number of hydrogen-bond acceptors (Lipinski definition) is 2. The van der Waals surface area contributed by atoms with Gasteiger partial charge in [0.1, 0.15) is 6.04 Å². The first kappa shape index (κ1) is 15.3. The van der Waals surface area contributed by atoms with Crippen LogP contribution in [0.15, 0.2) is 54.6 Å². The Morgan fingerprint density at radius 2 is 1.62 bits per heavy atom. The van der Waals surface area contributed by atoms with Gasteiger partial charge in [0.25, 0.3) is 0 Å². The Hall–Kier alpha value is -2.13. The molecule has 3 nitrogen and oxygen atoms in total. The van der Waals surface area contributed by atoms with E-state index in [1.54, 1.807) is 0 Å². The molecule has 0 spiro atoms. The zero-order chi connectivity index (χ0) is 15.2. The van der Waals surface area contributed by atoms with Crippen LogP contribution in [0.4, 0.5) is 0 Å². The van der Waals surface area contributed by atoms with Crippen LogP contribution in [-0.4, -0.2) is 17.1 Å². The Bertz CT molecular complexity index is 578. The number of carboxylic acids is 1. The lowest BCUT2D eigenvalue weighted by molar-refractivity contribution is -0.139. The predicted molar refractivity (Wildman–Crippen MR) is 85.0 cm³/mol. The molecule has 110 valence electrons. The highest BCUT2D eigenvalue weighted by Crippen LogP contribution is 2.20. The first-order chi connectivity index (χ1) is 10.1. The van der Waals surface area contributed by atoms with Crippen LogP contribution in [0.1, 0.15) is 18.9 Å². The zero-order valence-corrected chi connectivity index (χ0v) is 12.2. The van der Waals surface area contributed by atoms with Gasteiger partial charge in [-0.3, -0.25) is 4.79 Å². The molecule has 3 heteroatoms. The minimum Gasteiger partial charge on any atom is -0.480 e. The van der Waals surface area contributed by atoms with E-state index in [2.05, 4.69) is 36.4 Å². The summed E-state index contributed by atoms with van der Waals surface area (Å²) in [5, 5.41) is 8.89. The number of hydrogen-bond donors (Lipinski definition) is 2. The number of benzene rings is 2. The molecule has 3 N–H and O–H groups in total. The highest BCUT2D eigenvalue weighted by Gasteiger charge is 2.19. The second-order valence-corrected chi connectivity index (χ2v) is 5.44. The quantitative estimate of drug-likeness (QED) is 0.854. The van der Waals surface area contributed by atoms with Crippen molar-refractivity contribution in [3.63, 3.8) is 0 Å². The van der Waals surface area contributed by atoms with Crippen LogP contribution in [-0.2, 0) is 11.2 Å². The maximum atomic E-state index is 10.8. The van der Waals surface area contributed by atoms with Gasteiger partial charge in [0.15, 0.2) is 0 Å². The maximum absolute atomic E-state index is 10.8. The molecule has 2 atom stereocenters. The van der Waals surface area contributed by atoms with Gasteiger partial charge in [0, 0.05) is 0 Å². The largest absolute Gasteiger partial charge is 0.480 e. The van der Waals surface area contributed by atoms with Crippen molar-refractivity contribution in [2.24, 2.45) is 11.7 Å². The van der Waals surface area contributed by atoms with E-state index in [-0.39, 0.29) is 5.92 Å². The van der Waals surface area contributed by atoms with E-state index in [0.29, 0.717) is 0 Å². The monoisotopic (exact) mass is 283 g/mol. The summed E-state index contributed by atoms with van der Waals surface area (Å²) >= 11 is 0. The van der Waals surface area contributed by atoms with Gasteiger partial charge < -0.3 is 10.8 Å². The Balaban J connectivity index is 1.96. The van der Waals surface area contributed by atoms with Crippen LogP contribution in [0, 0.1) is 5.92 Å². The standard InChI is InChI=1S/C18H21NO2/c1-13(17(19)18(20)21)7-8-14-9-11-16(12-10-14)15-5-3-2-4-6-15/h2-6,9-13,17H,7-8,19H2,1H3,(H,20,21)/t13?,17-/m0/s1. The molecule has 0 aliphatic carbocycles. The molecule has 0 bridgehead atoms.